The highest BCUT2D eigenvalue weighted by Gasteiger charge is 2.31. The summed E-state index contributed by atoms with van der Waals surface area (Å²) in [7, 11) is 0. The van der Waals surface area contributed by atoms with Crippen molar-refractivity contribution in [3.63, 3.8) is 0 Å². The van der Waals surface area contributed by atoms with E-state index in [4.69, 9.17) is 0 Å². The summed E-state index contributed by atoms with van der Waals surface area (Å²) in [4.78, 5) is 69.2. The first-order valence-electron chi connectivity index (χ1n) is 9.82. The second-order valence-corrected chi connectivity index (χ2v) is 7.40. The second kappa shape index (κ2) is 10.6. The van der Waals surface area contributed by atoms with Crippen molar-refractivity contribution >= 4 is 35.6 Å². The lowest BCUT2D eigenvalue weighted by Crippen LogP contribution is -2.49. The van der Waals surface area contributed by atoms with Crippen LogP contribution in [0.3, 0.4) is 0 Å². The molecule has 12 nitrogen and oxygen atoms in total. The number of carbonyl (C=O) groups excluding carboxylic acids is 4. The fourth-order valence-electron chi connectivity index (χ4n) is 3.38. The van der Waals surface area contributed by atoms with Crippen LogP contribution in [0.25, 0.3) is 0 Å². The van der Waals surface area contributed by atoms with E-state index in [1.165, 1.54) is 0 Å². The number of rotatable bonds is 11. The third-order valence-corrected chi connectivity index (χ3v) is 5.09. The van der Waals surface area contributed by atoms with Gasteiger partial charge in [0.1, 0.15) is 24.2 Å². The first-order chi connectivity index (χ1) is 14.2. The van der Waals surface area contributed by atoms with Gasteiger partial charge >= 0.3 is 11.9 Å². The Morgan fingerprint density at radius 1 is 0.800 bits per heavy atom. The van der Waals surface area contributed by atoms with Gasteiger partial charge in [-0.2, -0.15) is 0 Å². The minimum atomic E-state index is -1.23. The number of hydrogen-bond acceptors (Lipinski definition) is 6. The molecule has 0 bridgehead atoms. The van der Waals surface area contributed by atoms with Crippen molar-refractivity contribution in [3.05, 3.63) is 0 Å². The van der Waals surface area contributed by atoms with Crippen LogP contribution in [0.4, 0.5) is 0 Å². The molecule has 0 aliphatic carbocycles. The zero-order chi connectivity index (χ0) is 22.3. The molecule has 30 heavy (non-hydrogen) atoms. The Kier molecular flexibility index (Phi) is 8.13. The Hall–Kier alpha value is -3.18. The fraction of sp³-hybridized carbons (Fsp3) is 0.667. The van der Waals surface area contributed by atoms with Gasteiger partial charge in [-0.25, -0.2) is 9.59 Å². The average Bonchev–Trinajstić information content (AvgIpc) is 3.30. The Bertz CT molecular complexity index is 665. The van der Waals surface area contributed by atoms with Crippen LogP contribution in [0.5, 0.6) is 0 Å². The van der Waals surface area contributed by atoms with Crippen molar-refractivity contribution in [2.75, 3.05) is 0 Å². The molecule has 0 aromatic carbocycles. The highest BCUT2D eigenvalue weighted by atomic mass is 16.4. The van der Waals surface area contributed by atoms with Crippen molar-refractivity contribution in [3.8, 4) is 0 Å². The monoisotopic (exact) mass is 426 g/mol. The summed E-state index contributed by atoms with van der Waals surface area (Å²) in [6.07, 6.45) is 1.77. The Morgan fingerprint density at radius 2 is 1.17 bits per heavy atom. The standard InChI is InChI=1S/C18H26N4O8/c23-13-7-5-9(19-13)15(25)21-11(17(27)28)3-1-2-4-12(18(29)30)22-16(26)10-6-8-14(24)20-10/h9-12H,1-8H2,(H,19,23)(H,20,24)(H,21,25)(H,22,26)(H,27,28)(H,29,30)/t9-,10-,11+,12?/m0/s1. The van der Waals surface area contributed by atoms with Gasteiger partial charge in [0, 0.05) is 12.8 Å². The van der Waals surface area contributed by atoms with E-state index in [-0.39, 0.29) is 37.5 Å². The van der Waals surface area contributed by atoms with Crippen LogP contribution in [0, 0.1) is 0 Å². The van der Waals surface area contributed by atoms with Crippen LogP contribution in [0.1, 0.15) is 51.4 Å². The summed E-state index contributed by atoms with van der Waals surface area (Å²) in [5.41, 5.74) is 0. The van der Waals surface area contributed by atoms with Gasteiger partial charge in [-0.1, -0.05) is 12.8 Å². The zero-order valence-corrected chi connectivity index (χ0v) is 16.3. The predicted molar refractivity (Wildman–Crippen MR) is 99.9 cm³/mol. The van der Waals surface area contributed by atoms with Crippen molar-refractivity contribution in [2.24, 2.45) is 0 Å². The number of carbonyl (C=O) groups is 6. The molecule has 166 valence electrons. The van der Waals surface area contributed by atoms with Crippen LogP contribution in [-0.2, 0) is 28.8 Å². The molecule has 2 aliphatic heterocycles. The smallest absolute Gasteiger partial charge is 0.326 e. The Morgan fingerprint density at radius 3 is 1.43 bits per heavy atom. The summed E-state index contributed by atoms with van der Waals surface area (Å²) in [5.74, 6) is -4.12. The lowest BCUT2D eigenvalue weighted by atomic mass is 10.0. The number of carboxylic acid groups (broad SMARTS) is 2. The number of carboxylic acids is 2. The van der Waals surface area contributed by atoms with E-state index in [0.29, 0.717) is 25.7 Å². The molecule has 4 atom stereocenters. The molecule has 4 amide bonds. The van der Waals surface area contributed by atoms with E-state index in [1.807, 2.05) is 0 Å². The first-order valence-corrected chi connectivity index (χ1v) is 9.82. The molecule has 2 heterocycles. The zero-order valence-electron chi connectivity index (χ0n) is 16.3. The number of hydrogen-bond donors (Lipinski definition) is 6. The fourth-order valence-corrected chi connectivity index (χ4v) is 3.38. The summed E-state index contributed by atoms with van der Waals surface area (Å²) >= 11 is 0. The van der Waals surface area contributed by atoms with Crippen molar-refractivity contribution in [1.82, 2.24) is 21.3 Å². The highest BCUT2D eigenvalue weighted by molar-refractivity contribution is 5.93. The van der Waals surface area contributed by atoms with Crippen molar-refractivity contribution < 1.29 is 39.0 Å². The minimum Gasteiger partial charge on any atom is -0.480 e. The topological polar surface area (TPSA) is 191 Å². The van der Waals surface area contributed by atoms with Gasteiger partial charge in [-0.3, -0.25) is 19.2 Å². The molecular formula is C18H26N4O8. The number of unbranched alkanes of at least 4 members (excludes halogenated alkanes) is 1. The summed E-state index contributed by atoms with van der Waals surface area (Å²) < 4.78 is 0. The van der Waals surface area contributed by atoms with Crippen LogP contribution in [0.2, 0.25) is 0 Å². The van der Waals surface area contributed by atoms with E-state index in [0.717, 1.165) is 0 Å². The van der Waals surface area contributed by atoms with Crippen LogP contribution < -0.4 is 21.3 Å². The molecule has 0 aromatic rings. The summed E-state index contributed by atoms with van der Waals surface area (Å²) in [6, 6.07) is -3.83. The first kappa shape index (κ1) is 23.1. The Balaban J connectivity index is 1.76. The number of nitrogens with one attached hydrogen (secondary N) is 4. The molecule has 0 aromatic heterocycles. The minimum absolute atomic E-state index is 0.0701. The largest absolute Gasteiger partial charge is 0.480 e. The second-order valence-electron chi connectivity index (χ2n) is 7.40. The van der Waals surface area contributed by atoms with Crippen LogP contribution in [0.15, 0.2) is 0 Å². The third kappa shape index (κ3) is 6.71. The number of aliphatic carboxylic acids is 2. The average molecular weight is 426 g/mol. The van der Waals surface area contributed by atoms with E-state index in [9.17, 15) is 39.0 Å². The molecule has 2 saturated heterocycles. The maximum Gasteiger partial charge on any atom is 0.326 e. The summed E-state index contributed by atoms with van der Waals surface area (Å²) in [6.45, 7) is 0. The van der Waals surface area contributed by atoms with Gasteiger partial charge in [-0.15, -0.1) is 0 Å². The molecule has 0 saturated carbocycles. The lowest BCUT2D eigenvalue weighted by Gasteiger charge is -2.19. The highest BCUT2D eigenvalue weighted by Crippen LogP contribution is 2.11. The van der Waals surface area contributed by atoms with Gasteiger partial charge < -0.3 is 31.5 Å². The summed E-state index contributed by atoms with van der Waals surface area (Å²) in [5, 5.41) is 28.3. The van der Waals surface area contributed by atoms with E-state index < -0.39 is 47.9 Å². The molecular weight excluding hydrogens is 400 g/mol. The molecule has 1 unspecified atom stereocenters. The quantitative estimate of drug-likeness (QED) is 0.209. The van der Waals surface area contributed by atoms with Gasteiger partial charge in [-0.05, 0) is 25.7 Å². The lowest BCUT2D eigenvalue weighted by molar-refractivity contribution is -0.143. The predicted octanol–water partition coefficient (Wildman–Crippen LogP) is -1.76. The molecule has 2 rings (SSSR count). The van der Waals surface area contributed by atoms with E-state index in [2.05, 4.69) is 21.3 Å². The SMILES string of the molecule is O=C1CC[C@@H](C(=O)NC(CCCC[C@@H](NC(=O)[C@@H]2CCC(=O)N2)C(=O)O)C(=O)O)N1. The molecule has 2 fully saturated rings. The molecule has 12 heteroatoms. The third-order valence-electron chi connectivity index (χ3n) is 5.09. The van der Waals surface area contributed by atoms with Gasteiger partial charge in [0.25, 0.3) is 0 Å². The van der Waals surface area contributed by atoms with Gasteiger partial charge in [0.2, 0.25) is 23.6 Å². The molecule has 2 aliphatic rings. The Labute approximate surface area is 172 Å². The molecule has 0 spiro atoms. The molecule has 6 N–H and O–H groups in total. The maximum absolute atomic E-state index is 12.1. The van der Waals surface area contributed by atoms with Crippen LogP contribution >= 0.6 is 0 Å². The van der Waals surface area contributed by atoms with Gasteiger partial charge in [0.05, 0.1) is 0 Å². The van der Waals surface area contributed by atoms with Crippen LogP contribution in [-0.4, -0.2) is 69.9 Å². The normalized spacial score (nSPS) is 22.5. The van der Waals surface area contributed by atoms with Crippen molar-refractivity contribution in [2.45, 2.75) is 75.5 Å². The van der Waals surface area contributed by atoms with E-state index >= 15 is 0 Å². The maximum atomic E-state index is 12.1. The van der Waals surface area contributed by atoms with Gasteiger partial charge in [0.15, 0.2) is 0 Å². The number of amides is 4. The van der Waals surface area contributed by atoms with Crippen molar-refractivity contribution in [1.29, 1.82) is 0 Å². The van der Waals surface area contributed by atoms with E-state index in [1.54, 1.807) is 0 Å². The molecule has 0 radical (unpaired) electrons.